The van der Waals surface area contributed by atoms with Gasteiger partial charge in [0.2, 0.25) is 0 Å². The number of benzene rings is 3. The maximum absolute atomic E-state index is 13.3. The van der Waals surface area contributed by atoms with E-state index < -0.39 is 11.9 Å². The fourth-order valence-corrected chi connectivity index (χ4v) is 4.27. The summed E-state index contributed by atoms with van der Waals surface area (Å²) in [6, 6.07) is 16.0. The van der Waals surface area contributed by atoms with Crippen molar-refractivity contribution in [2.45, 2.75) is 33.7 Å². The number of carbonyl (C=O) groups is 3. The van der Waals surface area contributed by atoms with Crippen LogP contribution in [0.25, 0.3) is 0 Å². The first kappa shape index (κ1) is 24.8. The predicted octanol–water partition coefficient (Wildman–Crippen LogP) is 4.50. The number of nitrogens with one attached hydrogen (secondary N) is 1. The lowest BCUT2D eigenvalue weighted by atomic mass is 9.99. The van der Waals surface area contributed by atoms with E-state index in [1.54, 1.807) is 43.9 Å². The fraction of sp³-hybridized carbons (Fsp3) is 0.250. The molecule has 8 heteroatoms. The number of carbonyl (C=O) groups excluding carboxylic acids is 3. The van der Waals surface area contributed by atoms with Crippen molar-refractivity contribution in [2.24, 2.45) is 0 Å². The van der Waals surface area contributed by atoms with Crippen LogP contribution in [0.4, 0.5) is 5.69 Å². The number of nitrogens with zero attached hydrogens (tertiary/aromatic N) is 1. The number of anilines is 1. The molecule has 1 heterocycles. The summed E-state index contributed by atoms with van der Waals surface area (Å²) in [4.78, 5) is 38.5. The molecule has 36 heavy (non-hydrogen) atoms. The SMILES string of the molecule is CCOC(=O)C(=O)Nc1cc(C)c(Oc2ccc(O)c(C(=O)N3CCc4ccccc4C3)c2)c(C)c1. The molecule has 0 aliphatic carbocycles. The van der Waals surface area contributed by atoms with E-state index in [1.807, 2.05) is 18.2 Å². The number of hydrogen-bond donors (Lipinski definition) is 2. The summed E-state index contributed by atoms with van der Waals surface area (Å²) in [6.07, 6.45) is 0.760. The molecule has 2 amide bonds. The summed E-state index contributed by atoms with van der Waals surface area (Å²) in [5.41, 5.74) is 4.36. The number of hydrogen-bond acceptors (Lipinski definition) is 6. The zero-order valence-electron chi connectivity index (χ0n) is 20.5. The van der Waals surface area contributed by atoms with E-state index >= 15 is 0 Å². The molecule has 3 aromatic rings. The van der Waals surface area contributed by atoms with Crippen LogP contribution in [-0.2, 0) is 27.3 Å². The van der Waals surface area contributed by atoms with Gasteiger partial charge in [0.1, 0.15) is 17.2 Å². The van der Waals surface area contributed by atoms with Crippen LogP contribution in [0.1, 0.15) is 39.5 Å². The fourth-order valence-electron chi connectivity index (χ4n) is 4.27. The normalized spacial score (nSPS) is 12.5. The Labute approximate surface area is 209 Å². The lowest BCUT2D eigenvalue weighted by Crippen LogP contribution is -2.35. The molecule has 1 aliphatic rings. The van der Waals surface area contributed by atoms with E-state index in [0.29, 0.717) is 41.4 Å². The zero-order valence-corrected chi connectivity index (χ0v) is 20.5. The standard InChI is InChI=1S/C28H28N2O6/c1-4-35-28(34)26(32)29-21-13-17(2)25(18(3)14-21)36-22-9-10-24(31)23(15-22)27(33)30-12-11-19-7-5-6-8-20(19)16-30/h5-10,13-15,31H,4,11-12,16H2,1-3H3,(H,29,32). The summed E-state index contributed by atoms with van der Waals surface area (Å²) >= 11 is 0. The third kappa shape index (κ3) is 5.33. The second kappa shape index (κ2) is 10.5. The van der Waals surface area contributed by atoms with Gasteiger partial charge in [-0.25, -0.2) is 4.79 Å². The highest BCUT2D eigenvalue weighted by atomic mass is 16.5. The van der Waals surface area contributed by atoms with E-state index in [0.717, 1.165) is 12.0 Å². The van der Waals surface area contributed by atoms with Crippen LogP contribution in [-0.4, -0.2) is 40.9 Å². The number of aromatic hydroxyl groups is 1. The molecule has 0 saturated heterocycles. The van der Waals surface area contributed by atoms with Gasteiger partial charge in [0.15, 0.2) is 0 Å². The summed E-state index contributed by atoms with van der Waals surface area (Å²) in [5.74, 6) is -1.25. The number of phenols is 1. The average molecular weight is 489 g/mol. The van der Waals surface area contributed by atoms with Crippen molar-refractivity contribution in [3.8, 4) is 17.2 Å². The number of phenolic OH excluding ortho intramolecular Hbond substituents is 1. The third-order valence-corrected chi connectivity index (χ3v) is 6.02. The van der Waals surface area contributed by atoms with Crippen LogP contribution in [0, 0.1) is 13.8 Å². The van der Waals surface area contributed by atoms with Crippen LogP contribution < -0.4 is 10.1 Å². The van der Waals surface area contributed by atoms with E-state index in [-0.39, 0.29) is 23.8 Å². The molecule has 0 radical (unpaired) electrons. The van der Waals surface area contributed by atoms with Gasteiger partial charge in [0.25, 0.3) is 5.91 Å². The first-order valence-electron chi connectivity index (χ1n) is 11.7. The Morgan fingerprint density at radius 2 is 1.69 bits per heavy atom. The Kier molecular flexibility index (Phi) is 7.24. The number of aryl methyl sites for hydroxylation is 2. The quantitative estimate of drug-likeness (QED) is 0.405. The van der Waals surface area contributed by atoms with Gasteiger partial charge in [-0.1, -0.05) is 24.3 Å². The molecule has 8 nitrogen and oxygen atoms in total. The molecule has 1 aliphatic heterocycles. The molecular weight excluding hydrogens is 460 g/mol. The maximum Gasteiger partial charge on any atom is 0.397 e. The maximum atomic E-state index is 13.3. The molecule has 4 rings (SSSR count). The van der Waals surface area contributed by atoms with Gasteiger partial charge in [-0.3, -0.25) is 9.59 Å². The first-order valence-corrected chi connectivity index (χ1v) is 11.7. The van der Waals surface area contributed by atoms with Crippen LogP contribution in [0.2, 0.25) is 0 Å². The summed E-state index contributed by atoms with van der Waals surface area (Å²) in [5, 5.41) is 13.0. The number of ether oxygens (including phenoxy) is 2. The molecule has 0 bridgehead atoms. The molecule has 0 atom stereocenters. The Balaban J connectivity index is 1.52. The Bertz CT molecular complexity index is 1310. The molecule has 0 fully saturated rings. The predicted molar refractivity (Wildman–Crippen MR) is 134 cm³/mol. The van der Waals surface area contributed by atoms with Crippen molar-refractivity contribution in [1.82, 2.24) is 4.90 Å². The number of esters is 1. The largest absolute Gasteiger partial charge is 0.507 e. The van der Waals surface area contributed by atoms with Gasteiger partial charge in [0, 0.05) is 18.8 Å². The van der Waals surface area contributed by atoms with Crippen LogP contribution in [0.5, 0.6) is 17.2 Å². The second-order valence-corrected chi connectivity index (χ2v) is 8.64. The van der Waals surface area contributed by atoms with Gasteiger partial charge < -0.3 is 24.8 Å². The van der Waals surface area contributed by atoms with Gasteiger partial charge in [-0.05, 0) is 79.8 Å². The smallest absolute Gasteiger partial charge is 0.397 e. The van der Waals surface area contributed by atoms with E-state index in [2.05, 4.69) is 11.4 Å². The van der Waals surface area contributed by atoms with Crippen molar-refractivity contribution in [3.63, 3.8) is 0 Å². The van der Waals surface area contributed by atoms with E-state index in [1.165, 1.54) is 17.7 Å². The molecular formula is C28H28N2O6. The third-order valence-electron chi connectivity index (χ3n) is 6.02. The first-order chi connectivity index (χ1) is 17.3. The molecule has 186 valence electrons. The summed E-state index contributed by atoms with van der Waals surface area (Å²) in [6.45, 7) is 6.40. The number of rotatable bonds is 5. The average Bonchev–Trinajstić information content (AvgIpc) is 2.86. The summed E-state index contributed by atoms with van der Waals surface area (Å²) in [7, 11) is 0. The Morgan fingerprint density at radius 1 is 1.00 bits per heavy atom. The van der Waals surface area contributed by atoms with Crippen LogP contribution >= 0.6 is 0 Å². The molecule has 0 spiro atoms. The van der Waals surface area contributed by atoms with Crippen molar-refractivity contribution in [3.05, 3.63) is 82.4 Å². The molecule has 0 saturated carbocycles. The van der Waals surface area contributed by atoms with Crippen molar-refractivity contribution < 1.29 is 29.0 Å². The van der Waals surface area contributed by atoms with Crippen LogP contribution in [0.15, 0.2) is 54.6 Å². The van der Waals surface area contributed by atoms with Crippen molar-refractivity contribution in [1.29, 1.82) is 0 Å². The van der Waals surface area contributed by atoms with E-state index in [4.69, 9.17) is 9.47 Å². The molecule has 0 unspecified atom stereocenters. The van der Waals surface area contributed by atoms with Gasteiger partial charge in [-0.2, -0.15) is 0 Å². The topological polar surface area (TPSA) is 105 Å². The lowest BCUT2D eigenvalue weighted by Gasteiger charge is -2.29. The number of amides is 2. The minimum Gasteiger partial charge on any atom is -0.507 e. The Morgan fingerprint density at radius 3 is 2.39 bits per heavy atom. The molecule has 0 aromatic heterocycles. The van der Waals surface area contributed by atoms with E-state index in [9.17, 15) is 19.5 Å². The Hall–Kier alpha value is -4.33. The molecule has 3 aromatic carbocycles. The highest BCUT2D eigenvalue weighted by Gasteiger charge is 2.24. The minimum absolute atomic E-state index is 0.110. The van der Waals surface area contributed by atoms with Crippen molar-refractivity contribution in [2.75, 3.05) is 18.5 Å². The minimum atomic E-state index is -0.952. The van der Waals surface area contributed by atoms with Crippen molar-refractivity contribution >= 4 is 23.5 Å². The van der Waals surface area contributed by atoms with Gasteiger partial charge in [0.05, 0.1) is 12.2 Å². The lowest BCUT2D eigenvalue weighted by molar-refractivity contribution is -0.152. The van der Waals surface area contributed by atoms with Gasteiger partial charge >= 0.3 is 11.9 Å². The summed E-state index contributed by atoms with van der Waals surface area (Å²) < 4.78 is 10.8. The highest BCUT2D eigenvalue weighted by Crippen LogP contribution is 2.34. The second-order valence-electron chi connectivity index (χ2n) is 8.64. The van der Waals surface area contributed by atoms with Crippen LogP contribution in [0.3, 0.4) is 0 Å². The zero-order chi connectivity index (χ0) is 25.8. The monoisotopic (exact) mass is 488 g/mol. The highest BCUT2D eigenvalue weighted by molar-refractivity contribution is 6.37. The molecule has 2 N–H and O–H groups in total. The van der Waals surface area contributed by atoms with Gasteiger partial charge in [-0.15, -0.1) is 0 Å². The number of fused-ring (bicyclic) bond motifs is 1.